The van der Waals surface area contributed by atoms with Gasteiger partial charge in [0.05, 0.1) is 16.2 Å². The van der Waals surface area contributed by atoms with Crippen LogP contribution < -0.4 is 5.73 Å². The molecule has 0 bridgehead atoms. The fraction of sp³-hybridized carbons (Fsp3) is 0. The molecule has 0 saturated heterocycles. The van der Waals surface area contributed by atoms with Crippen LogP contribution in [0.5, 0.6) is 0 Å². The molecule has 0 fully saturated rings. The second-order valence-electron chi connectivity index (χ2n) is 3.05. The first-order chi connectivity index (χ1) is 7.95. The molecule has 0 aliphatic carbocycles. The van der Waals surface area contributed by atoms with Crippen molar-refractivity contribution in [2.75, 3.05) is 5.73 Å². The van der Waals surface area contributed by atoms with E-state index >= 15 is 0 Å². The first-order valence-corrected chi connectivity index (χ1v) is 5.34. The van der Waals surface area contributed by atoms with E-state index in [1.165, 1.54) is 0 Å². The average molecular weight is 327 g/mol. The van der Waals surface area contributed by atoms with Gasteiger partial charge in [-0.2, -0.15) is 0 Å². The van der Waals surface area contributed by atoms with Gasteiger partial charge in [0.1, 0.15) is 5.02 Å². The van der Waals surface area contributed by atoms with E-state index in [9.17, 15) is 13.2 Å². The van der Waals surface area contributed by atoms with Crippen LogP contribution >= 0.6 is 27.5 Å². The molecule has 3 nitrogen and oxygen atoms in total. The third-order valence-corrected chi connectivity index (χ3v) is 3.15. The molecule has 17 heavy (non-hydrogen) atoms. The van der Waals surface area contributed by atoms with Gasteiger partial charge in [0.25, 0.3) is 0 Å². The van der Waals surface area contributed by atoms with Crippen LogP contribution in [0.2, 0.25) is 5.02 Å². The standard InChI is InChI=1S/C9H3BrClF3N2O/c10-4-3(2-1-16-17-9(2)15)6(12)8(14)5(11)7(4)13/h1H,15H2. The summed E-state index contributed by atoms with van der Waals surface area (Å²) in [5, 5.41) is 2.36. The third-order valence-electron chi connectivity index (χ3n) is 2.08. The average Bonchev–Trinajstić information content (AvgIpc) is 2.71. The van der Waals surface area contributed by atoms with E-state index in [4.69, 9.17) is 17.3 Å². The first kappa shape index (κ1) is 12.3. The molecular weight excluding hydrogens is 324 g/mol. The van der Waals surface area contributed by atoms with Gasteiger partial charge in [-0.3, -0.25) is 0 Å². The van der Waals surface area contributed by atoms with Crippen LogP contribution in [0.25, 0.3) is 11.1 Å². The maximum atomic E-state index is 13.7. The molecule has 2 N–H and O–H groups in total. The predicted molar refractivity (Wildman–Crippen MR) is 58.9 cm³/mol. The van der Waals surface area contributed by atoms with Crippen molar-refractivity contribution >= 4 is 33.4 Å². The minimum Gasteiger partial charge on any atom is -0.367 e. The lowest BCUT2D eigenvalue weighted by atomic mass is 10.1. The predicted octanol–water partition coefficient (Wildman–Crippen LogP) is 3.76. The van der Waals surface area contributed by atoms with Crippen molar-refractivity contribution in [1.82, 2.24) is 5.16 Å². The second kappa shape index (κ2) is 4.23. The van der Waals surface area contributed by atoms with E-state index in [0.29, 0.717) is 0 Å². The van der Waals surface area contributed by atoms with Gasteiger partial charge in [0.15, 0.2) is 17.5 Å². The summed E-state index contributed by atoms with van der Waals surface area (Å²) in [6.45, 7) is 0. The molecule has 1 heterocycles. The SMILES string of the molecule is Nc1oncc1-c1c(F)c(F)c(Cl)c(F)c1Br. The van der Waals surface area contributed by atoms with E-state index < -0.39 is 28.0 Å². The number of rotatable bonds is 1. The van der Waals surface area contributed by atoms with Crippen LogP contribution in [-0.2, 0) is 0 Å². The maximum absolute atomic E-state index is 13.7. The highest BCUT2D eigenvalue weighted by atomic mass is 79.9. The number of nitrogens with two attached hydrogens (primary N) is 1. The zero-order valence-corrected chi connectivity index (χ0v) is 10.2. The number of anilines is 1. The Morgan fingerprint density at radius 3 is 2.41 bits per heavy atom. The number of hydrogen-bond donors (Lipinski definition) is 1. The van der Waals surface area contributed by atoms with E-state index in [1.54, 1.807) is 0 Å². The number of hydrogen-bond acceptors (Lipinski definition) is 3. The number of nitrogen functional groups attached to an aromatic ring is 1. The minimum atomic E-state index is -1.50. The quantitative estimate of drug-likeness (QED) is 0.641. The van der Waals surface area contributed by atoms with Gasteiger partial charge in [-0.15, -0.1) is 0 Å². The highest BCUT2D eigenvalue weighted by Crippen LogP contribution is 2.40. The monoisotopic (exact) mass is 326 g/mol. The molecule has 0 unspecified atom stereocenters. The molecule has 0 saturated carbocycles. The second-order valence-corrected chi connectivity index (χ2v) is 4.22. The third kappa shape index (κ3) is 1.79. The maximum Gasteiger partial charge on any atom is 0.230 e. The molecule has 8 heteroatoms. The van der Waals surface area contributed by atoms with Gasteiger partial charge in [-0.1, -0.05) is 16.8 Å². The van der Waals surface area contributed by atoms with Gasteiger partial charge >= 0.3 is 0 Å². The first-order valence-electron chi connectivity index (χ1n) is 4.17. The summed E-state index contributed by atoms with van der Waals surface area (Å²) in [5.74, 6) is -4.21. The van der Waals surface area contributed by atoms with Crippen LogP contribution in [0, 0.1) is 17.5 Å². The Hall–Kier alpha value is -1.21. The molecular formula is C9H3BrClF3N2O. The molecule has 0 atom stereocenters. The van der Waals surface area contributed by atoms with Crippen molar-refractivity contribution in [1.29, 1.82) is 0 Å². The normalized spacial score (nSPS) is 10.9. The van der Waals surface area contributed by atoms with Gasteiger partial charge in [0, 0.05) is 5.56 Å². The Bertz CT molecular complexity index is 573. The summed E-state index contributed by atoms with van der Waals surface area (Å²) in [4.78, 5) is 0. The van der Waals surface area contributed by atoms with Crippen LogP contribution in [0.1, 0.15) is 0 Å². The van der Waals surface area contributed by atoms with Gasteiger partial charge < -0.3 is 10.3 Å². The topological polar surface area (TPSA) is 52.0 Å². The summed E-state index contributed by atoms with van der Waals surface area (Å²) in [7, 11) is 0. The van der Waals surface area contributed by atoms with Crippen LogP contribution in [-0.4, -0.2) is 5.16 Å². The Morgan fingerprint density at radius 1 is 1.24 bits per heavy atom. The highest BCUT2D eigenvalue weighted by Gasteiger charge is 2.26. The molecule has 0 aliphatic rings. The summed E-state index contributed by atoms with van der Waals surface area (Å²) in [6.07, 6.45) is 1.05. The zero-order chi connectivity index (χ0) is 12.7. The van der Waals surface area contributed by atoms with E-state index in [-0.39, 0.29) is 15.9 Å². The van der Waals surface area contributed by atoms with E-state index in [2.05, 4.69) is 25.6 Å². The van der Waals surface area contributed by atoms with Crippen molar-refractivity contribution < 1.29 is 17.7 Å². The van der Waals surface area contributed by atoms with Gasteiger partial charge in [-0.25, -0.2) is 13.2 Å². The lowest BCUT2D eigenvalue weighted by Crippen LogP contribution is -1.98. The van der Waals surface area contributed by atoms with E-state index in [1.807, 2.05) is 0 Å². The Kier molecular flexibility index (Phi) is 3.05. The zero-order valence-electron chi connectivity index (χ0n) is 7.90. The molecule has 2 aromatic rings. The summed E-state index contributed by atoms with van der Waals surface area (Å²) in [5.41, 5.74) is 4.86. The van der Waals surface area contributed by atoms with Crippen LogP contribution in [0.4, 0.5) is 19.1 Å². The molecule has 1 aromatic carbocycles. The molecule has 0 radical (unpaired) electrons. The smallest absolute Gasteiger partial charge is 0.230 e. The van der Waals surface area contributed by atoms with E-state index in [0.717, 1.165) is 6.20 Å². The summed E-state index contributed by atoms with van der Waals surface area (Å²) in [6, 6.07) is 0. The minimum absolute atomic E-state index is 0.0659. The molecule has 90 valence electrons. The number of aromatic nitrogens is 1. The van der Waals surface area contributed by atoms with Crippen molar-refractivity contribution in [3.8, 4) is 11.1 Å². The Labute approximate surface area is 106 Å². The van der Waals surface area contributed by atoms with Crippen LogP contribution in [0.3, 0.4) is 0 Å². The molecule has 0 aliphatic heterocycles. The number of halogens is 5. The lowest BCUT2D eigenvalue weighted by molar-refractivity contribution is 0.436. The highest BCUT2D eigenvalue weighted by molar-refractivity contribution is 9.10. The van der Waals surface area contributed by atoms with Crippen molar-refractivity contribution in [2.45, 2.75) is 0 Å². The van der Waals surface area contributed by atoms with Crippen molar-refractivity contribution in [2.24, 2.45) is 0 Å². The van der Waals surface area contributed by atoms with Gasteiger partial charge in [-0.05, 0) is 15.9 Å². The fourth-order valence-corrected chi connectivity index (χ4v) is 2.16. The summed E-state index contributed by atoms with van der Waals surface area (Å²) < 4.78 is 44.6. The number of benzene rings is 1. The molecule has 0 spiro atoms. The Balaban J connectivity index is 2.84. The van der Waals surface area contributed by atoms with Gasteiger partial charge in [0.2, 0.25) is 5.88 Å². The molecule has 0 amide bonds. The van der Waals surface area contributed by atoms with Crippen molar-refractivity contribution in [3.63, 3.8) is 0 Å². The van der Waals surface area contributed by atoms with Crippen molar-refractivity contribution in [3.05, 3.63) is 33.1 Å². The molecule has 1 aromatic heterocycles. The summed E-state index contributed by atoms with van der Waals surface area (Å²) >= 11 is 8.05. The van der Waals surface area contributed by atoms with Crippen LogP contribution in [0.15, 0.2) is 15.2 Å². The fourth-order valence-electron chi connectivity index (χ4n) is 1.28. The number of nitrogens with zero attached hydrogens (tertiary/aromatic N) is 1. The largest absolute Gasteiger partial charge is 0.367 e. The lowest BCUT2D eigenvalue weighted by Gasteiger charge is -2.08. The molecule has 2 rings (SSSR count). The Morgan fingerprint density at radius 2 is 1.88 bits per heavy atom.